The van der Waals surface area contributed by atoms with E-state index in [9.17, 15) is 8.78 Å². The smallest absolute Gasteiger partial charge is 0.387 e. The fourth-order valence-electron chi connectivity index (χ4n) is 3.46. The van der Waals surface area contributed by atoms with Crippen molar-refractivity contribution in [2.45, 2.75) is 44.5 Å². The Bertz CT molecular complexity index is 501. The minimum absolute atomic E-state index is 0.252. The van der Waals surface area contributed by atoms with Gasteiger partial charge >= 0.3 is 6.61 Å². The fourth-order valence-corrected chi connectivity index (χ4v) is 3.87. The van der Waals surface area contributed by atoms with Gasteiger partial charge in [0.05, 0.1) is 0 Å². The number of ether oxygens (including phenoxy) is 1. The van der Waals surface area contributed by atoms with Gasteiger partial charge in [-0.15, -0.1) is 0 Å². The van der Waals surface area contributed by atoms with E-state index in [1.165, 1.54) is 19.4 Å². The molecular weight excluding hydrogens is 342 g/mol. The Hall–Kier alpha value is -0.720. The number of rotatable bonds is 5. The van der Waals surface area contributed by atoms with Crippen molar-refractivity contribution in [2.75, 3.05) is 13.1 Å². The van der Waals surface area contributed by atoms with Crippen molar-refractivity contribution in [3.8, 4) is 5.75 Å². The van der Waals surface area contributed by atoms with Crippen LogP contribution in [0, 0.1) is 0 Å². The summed E-state index contributed by atoms with van der Waals surface area (Å²) < 4.78 is 30.4. The monoisotopic (exact) mass is 360 g/mol. The van der Waals surface area contributed by atoms with Crippen LogP contribution in [0.2, 0.25) is 0 Å². The van der Waals surface area contributed by atoms with Crippen LogP contribution in [-0.2, 0) is 6.54 Å². The van der Waals surface area contributed by atoms with Crippen LogP contribution in [0.25, 0.3) is 0 Å². The second-order valence-electron chi connectivity index (χ2n) is 5.65. The van der Waals surface area contributed by atoms with Gasteiger partial charge in [0.2, 0.25) is 0 Å². The van der Waals surface area contributed by atoms with E-state index in [-0.39, 0.29) is 5.75 Å². The van der Waals surface area contributed by atoms with E-state index < -0.39 is 6.61 Å². The predicted octanol–water partition coefficient (Wildman–Crippen LogP) is 3.38. The number of nitrogens with zero attached hydrogens (tertiary/aromatic N) is 1. The van der Waals surface area contributed by atoms with Gasteiger partial charge in [0.15, 0.2) is 0 Å². The van der Waals surface area contributed by atoms with Gasteiger partial charge in [-0.05, 0) is 44.0 Å². The summed E-state index contributed by atoms with van der Waals surface area (Å²) in [5.74, 6) is 0.252. The first-order valence-corrected chi connectivity index (χ1v) is 8.13. The third-order valence-corrected chi connectivity index (χ3v) is 4.89. The van der Waals surface area contributed by atoms with E-state index in [1.807, 2.05) is 6.07 Å². The highest BCUT2D eigenvalue weighted by atomic mass is 79.9. The van der Waals surface area contributed by atoms with Crippen LogP contribution in [-0.4, -0.2) is 36.7 Å². The average molecular weight is 361 g/mol. The van der Waals surface area contributed by atoms with Crippen molar-refractivity contribution in [1.29, 1.82) is 0 Å². The summed E-state index contributed by atoms with van der Waals surface area (Å²) in [6.07, 6.45) is 3.62. The van der Waals surface area contributed by atoms with Crippen molar-refractivity contribution < 1.29 is 13.5 Å². The normalized spacial score (nSPS) is 25.5. The Labute approximate surface area is 131 Å². The molecule has 0 spiro atoms. The molecule has 1 aromatic rings. The van der Waals surface area contributed by atoms with Crippen LogP contribution in [0.1, 0.15) is 24.8 Å². The number of alkyl halides is 2. The average Bonchev–Trinajstić information content (AvgIpc) is 3.02. The molecule has 116 valence electrons. The van der Waals surface area contributed by atoms with Crippen LogP contribution in [0.4, 0.5) is 8.78 Å². The second kappa shape index (κ2) is 6.58. The van der Waals surface area contributed by atoms with Crippen LogP contribution in [0.15, 0.2) is 22.7 Å². The topological polar surface area (TPSA) is 24.5 Å². The number of hydrogen-bond acceptors (Lipinski definition) is 3. The molecule has 0 bridgehead atoms. The fraction of sp³-hybridized carbons (Fsp3) is 0.600. The van der Waals surface area contributed by atoms with E-state index in [0.29, 0.717) is 18.6 Å². The highest BCUT2D eigenvalue weighted by Gasteiger charge is 2.36. The lowest BCUT2D eigenvalue weighted by Crippen LogP contribution is -2.38. The van der Waals surface area contributed by atoms with Crippen LogP contribution < -0.4 is 10.1 Å². The van der Waals surface area contributed by atoms with Crippen molar-refractivity contribution in [2.24, 2.45) is 0 Å². The highest BCUT2D eigenvalue weighted by molar-refractivity contribution is 9.10. The van der Waals surface area contributed by atoms with Crippen molar-refractivity contribution in [3.63, 3.8) is 0 Å². The third kappa shape index (κ3) is 3.55. The maximum atomic E-state index is 12.5. The largest absolute Gasteiger partial charge is 0.434 e. The molecule has 2 heterocycles. The number of halogens is 3. The van der Waals surface area contributed by atoms with Gasteiger partial charge in [-0.25, -0.2) is 0 Å². The Morgan fingerprint density at radius 3 is 3.00 bits per heavy atom. The first-order chi connectivity index (χ1) is 10.1. The summed E-state index contributed by atoms with van der Waals surface area (Å²) in [4.78, 5) is 2.52. The molecule has 2 aliphatic rings. The molecule has 0 saturated carbocycles. The SMILES string of the molecule is FC(F)Oc1ccc(Br)cc1CNC1CCN2CCCC12. The van der Waals surface area contributed by atoms with Gasteiger partial charge in [-0.3, -0.25) is 4.90 Å². The molecular formula is C15H19BrF2N2O. The number of benzene rings is 1. The van der Waals surface area contributed by atoms with Gasteiger partial charge in [0, 0.05) is 35.2 Å². The Morgan fingerprint density at radius 1 is 1.33 bits per heavy atom. The summed E-state index contributed by atoms with van der Waals surface area (Å²) in [5, 5.41) is 3.52. The Morgan fingerprint density at radius 2 is 2.19 bits per heavy atom. The molecule has 2 atom stereocenters. The molecule has 2 aliphatic heterocycles. The lowest BCUT2D eigenvalue weighted by Gasteiger charge is -2.22. The molecule has 2 fully saturated rings. The van der Waals surface area contributed by atoms with Gasteiger partial charge < -0.3 is 10.1 Å². The lowest BCUT2D eigenvalue weighted by molar-refractivity contribution is -0.0505. The third-order valence-electron chi connectivity index (χ3n) is 4.40. The van der Waals surface area contributed by atoms with Gasteiger partial charge in [0.1, 0.15) is 5.75 Å². The Balaban J connectivity index is 1.65. The molecule has 0 amide bonds. The van der Waals surface area contributed by atoms with E-state index in [2.05, 4.69) is 30.9 Å². The number of fused-ring (bicyclic) bond motifs is 1. The van der Waals surface area contributed by atoms with Crippen molar-refractivity contribution >= 4 is 15.9 Å². The minimum Gasteiger partial charge on any atom is -0.434 e. The molecule has 0 aromatic heterocycles. The number of nitrogens with one attached hydrogen (secondary N) is 1. The first kappa shape index (κ1) is 15.2. The highest BCUT2D eigenvalue weighted by Crippen LogP contribution is 2.29. The van der Waals surface area contributed by atoms with Crippen LogP contribution >= 0.6 is 15.9 Å². The number of hydrogen-bond donors (Lipinski definition) is 1. The van der Waals surface area contributed by atoms with Gasteiger partial charge in [0.25, 0.3) is 0 Å². The lowest BCUT2D eigenvalue weighted by atomic mass is 10.1. The molecule has 2 saturated heterocycles. The molecule has 21 heavy (non-hydrogen) atoms. The zero-order valence-electron chi connectivity index (χ0n) is 11.7. The minimum atomic E-state index is -2.79. The molecule has 0 radical (unpaired) electrons. The standard InChI is InChI=1S/C15H19BrF2N2O/c16-11-3-4-14(21-15(17)18)10(8-11)9-19-12-5-7-20-6-1-2-13(12)20/h3-4,8,12-13,15,19H,1-2,5-7,9H2. The Kier molecular flexibility index (Phi) is 4.76. The molecule has 6 heteroatoms. The maximum Gasteiger partial charge on any atom is 0.387 e. The van der Waals surface area contributed by atoms with E-state index >= 15 is 0 Å². The van der Waals surface area contributed by atoms with E-state index in [4.69, 9.17) is 0 Å². The summed E-state index contributed by atoms with van der Waals surface area (Å²) in [5.41, 5.74) is 0.765. The van der Waals surface area contributed by atoms with Crippen LogP contribution in [0.5, 0.6) is 5.75 Å². The summed E-state index contributed by atoms with van der Waals surface area (Å²) in [6, 6.07) is 6.20. The predicted molar refractivity (Wildman–Crippen MR) is 80.6 cm³/mol. The molecule has 1 aromatic carbocycles. The van der Waals surface area contributed by atoms with E-state index in [0.717, 1.165) is 23.0 Å². The van der Waals surface area contributed by atoms with E-state index in [1.54, 1.807) is 12.1 Å². The summed E-state index contributed by atoms with van der Waals surface area (Å²) in [7, 11) is 0. The summed E-state index contributed by atoms with van der Waals surface area (Å²) in [6.45, 7) is 0.0960. The quantitative estimate of drug-likeness (QED) is 0.870. The first-order valence-electron chi connectivity index (χ1n) is 7.34. The zero-order chi connectivity index (χ0) is 14.8. The van der Waals surface area contributed by atoms with Gasteiger partial charge in [-0.1, -0.05) is 15.9 Å². The zero-order valence-corrected chi connectivity index (χ0v) is 13.3. The van der Waals surface area contributed by atoms with Crippen molar-refractivity contribution in [1.82, 2.24) is 10.2 Å². The molecule has 0 aliphatic carbocycles. The second-order valence-corrected chi connectivity index (χ2v) is 6.57. The van der Waals surface area contributed by atoms with Crippen LogP contribution in [0.3, 0.4) is 0 Å². The van der Waals surface area contributed by atoms with Gasteiger partial charge in [-0.2, -0.15) is 8.78 Å². The molecule has 3 nitrogen and oxygen atoms in total. The maximum absolute atomic E-state index is 12.5. The molecule has 2 unspecified atom stereocenters. The van der Waals surface area contributed by atoms with Crippen molar-refractivity contribution in [3.05, 3.63) is 28.2 Å². The summed E-state index contributed by atoms with van der Waals surface area (Å²) >= 11 is 3.38. The molecule has 3 rings (SSSR count). The molecule has 1 N–H and O–H groups in total.